The van der Waals surface area contributed by atoms with E-state index in [0.717, 1.165) is 11.3 Å². The third-order valence-electron chi connectivity index (χ3n) is 0.466. The Kier molecular flexibility index (Phi) is 14.4. The highest BCUT2D eigenvalue weighted by atomic mass is 32.2. The molecule has 0 aromatic heterocycles. The number of rotatable bonds is 3. The second kappa shape index (κ2) is 11.5. The van der Waals surface area contributed by atoms with E-state index < -0.39 is 0 Å². The van der Waals surface area contributed by atoms with E-state index >= 15 is 0 Å². The van der Waals surface area contributed by atoms with Gasteiger partial charge in [0.1, 0.15) is 0 Å². The number of hydrogen-bond acceptors (Lipinski definition) is 2. The molecule has 0 aromatic carbocycles. The second-order valence-corrected chi connectivity index (χ2v) is 2.58. The van der Waals surface area contributed by atoms with Crippen molar-refractivity contribution in [1.82, 2.24) is 0 Å². The van der Waals surface area contributed by atoms with Crippen molar-refractivity contribution in [2.75, 3.05) is 0 Å². The first-order valence-electron chi connectivity index (χ1n) is 3.61. The Morgan fingerprint density at radius 3 is 2.40 bits per heavy atom. The molecule has 0 aromatic rings. The van der Waals surface area contributed by atoms with E-state index in [-0.39, 0.29) is 0 Å². The van der Waals surface area contributed by atoms with E-state index in [0.29, 0.717) is 0 Å². The van der Waals surface area contributed by atoms with Gasteiger partial charge in [-0.05, 0) is 18.2 Å². The van der Waals surface area contributed by atoms with Crippen molar-refractivity contribution >= 4 is 18.2 Å². The molecule has 0 aliphatic rings. The minimum atomic E-state index is 1.00. The maximum atomic E-state index is 3.98. The Labute approximate surface area is 68.8 Å². The van der Waals surface area contributed by atoms with Gasteiger partial charge >= 0.3 is 0 Å². The molecule has 0 atom stereocenters. The fourth-order valence-corrected chi connectivity index (χ4v) is 0.605. The Morgan fingerprint density at radius 2 is 2.10 bits per heavy atom. The summed E-state index contributed by atoms with van der Waals surface area (Å²) in [6.45, 7) is 11.7. The lowest BCUT2D eigenvalue weighted by molar-refractivity contribution is 1.33. The first-order chi connectivity index (χ1) is 4.77. The first kappa shape index (κ1) is 12.4. The topological polar surface area (TPSA) is 12.4 Å². The molecule has 0 saturated carbocycles. The molecular weight excluding hydrogens is 142 g/mol. The third kappa shape index (κ3) is 15.7. The second-order valence-electron chi connectivity index (χ2n) is 1.49. The van der Waals surface area contributed by atoms with Crippen LogP contribution in [0.2, 0.25) is 0 Å². The fourth-order valence-electron chi connectivity index (χ4n) is 0.202. The predicted molar refractivity (Wildman–Crippen MR) is 52.5 cm³/mol. The van der Waals surface area contributed by atoms with Gasteiger partial charge in [0, 0.05) is 18.2 Å². The third-order valence-corrected chi connectivity index (χ3v) is 1.03. The van der Waals surface area contributed by atoms with Gasteiger partial charge in [0.15, 0.2) is 0 Å². The van der Waals surface area contributed by atoms with E-state index in [2.05, 4.69) is 17.9 Å². The van der Waals surface area contributed by atoms with Crippen LogP contribution in [0.15, 0.2) is 15.9 Å². The summed E-state index contributed by atoms with van der Waals surface area (Å²) in [6, 6.07) is 0. The maximum absolute atomic E-state index is 3.98. The summed E-state index contributed by atoms with van der Waals surface area (Å²) in [5.41, 5.74) is 0. The van der Waals surface area contributed by atoms with Crippen LogP contribution in [0.1, 0.15) is 34.1 Å². The van der Waals surface area contributed by atoms with Crippen LogP contribution in [0.5, 0.6) is 0 Å². The molecule has 1 nitrogen and oxygen atoms in total. The Bertz CT molecular complexity index is 97.4. The molecule has 0 fully saturated rings. The smallest absolute Gasteiger partial charge is 0.0127 e. The summed E-state index contributed by atoms with van der Waals surface area (Å²) in [5.74, 6) is 0. The standard InChI is InChI=1S/C6H11NS.C2H6/c1-4-5-7-8-6(2)3;1-2/h5H,2,4H2,1,3H3;1-2H3/b7-5-;. The van der Waals surface area contributed by atoms with E-state index in [1.54, 1.807) is 0 Å². The van der Waals surface area contributed by atoms with Crippen molar-refractivity contribution in [1.29, 1.82) is 0 Å². The molecule has 60 valence electrons. The van der Waals surface area contributed by atoms with Gasteiger partial charge < -0.3 is 0 Å². The van der Waals surface area contributed by atoms with Gasteiger partial charge in [-0.15, -0.1) is 0 Å². The van der Waals surface area contributed by atoms with Crippen molar-refractivity contribution in [3.05, 3.63) is 11.5 Å². The molecule has 0 aliphatic carbocycles. The van der Waals surface area contributed by atoms with Gasteiger partial charge in [0.25, 0.3) is 0 Å². The zero-order chi connectivity index (χ0) is 8.41. The van der Waals surface area contributed by atoms with E-state index in [1.165, 1.54) is 11.9 Å². The van der Waals surface area contributed by atoms with Crippen LogP contribution in [0.4, 0.5) is 0 Å². The Hall–Kier alpha value is -0.240. The van der Waals surface area contributed by atoms with Crippen LogP contribution >= 0.6 is 11.9 Å². The fraction of sp³-hybridized carbons (Fsp3) is 0.625. The van der Waals surface area contributed by atoms with Crippen molar-refractivity contribution < 1.29 is 0 Å². The normalized spacial score (nSPS) is 8.80. The zero-order valence-corrected chi connectivity index (χ0v) is 8.16. The first-order valence-corrected chi connectivity index (χ1v) is 4.39. The summed E-state index contributed by atoms with van der Waals surface area (Å²) in [5, 5.41) is 0. The zero-order valence-electron chi connectivity index (χ0n) is 7.35. The molecule has 0 heterocycles. The Balaban J connectivity index is 0. The van der Waals surface area contributed by atoms with Crippen LogP contribution in [0, 0.1) is 0 Å². The van der Waals surface area contributed by atoms with Crippen molar-refractivity contribution in [2.45, 2.75) is 34.1 Å². The molecule has 0 saturated heterocycles. The SMILES string of the molecule is C=C(C)S/N=C\CC.CC. The molecular formula is C8H17NS. The van der Waals surface area contributed by atoms with Crippen LogP contribution in [-0.2, 0) is 0 Å². The molecule has 0 N–H and O–H groups in total. The average Bonchev–Trinajstić information content (AvgIpc) is 1.92. The number of nitrogens with zero attached hydrogens (tertiary/aromatic N) is 1. The van der Waals surface area contributed by atoms with Crippen LogP contribution < -0.4 is 0 Å². The highest BCUT2D eigenvalue weighted by molar-refractivity contribution is 8.01. The van der Waals surface area contributed by atoms with E-state index in [1.807, 2.05) is 27.0 Å². The molecule has 10 heavy (non-hydrogen) atoms. The molecule has 0 rings (SSSR count). The highest BCUT2D eigenvalue weighted by Crippen LogP contribution is 2.11. The van der Waals surface area contributed by atoms with Crippen LogP contribution in [-0.4, -0.2) is 6.21 Å². The van der Waals surface area contributed by atoms with Gasteiger partial charge in [-0.2, -0.15) is 0 Å². The van der Waals surface area contributed by atoms with Gasteiger partial charge in [0.05, 0.1) is 0 Å². The quantitative estimate of drug-likeness (QED) is 0.452. The molecule has 0 spiro atoms. The molecule has 0 aliphatic heterocycles. The van der Waals surface area contributed by atoms with Crippen LogP contribution in [0.25, 0.3) is 0 Å². The lowest BCUT2D eigenvalue weighted by Crippen LogP contribution is -1.62. The molecule has 0 amide bonds. The van der Waals surface area contributed by atoms with Crippen molar-refractivity contribution in [3.8, 4) is 0 Å². The summed E-state index contributed by atoms with van der Waals surface area (Å²) in [6.07, 6.45) is 2.87. The van der Waals surface area contributed by atoms with Crippen molar-refractivity contribution in [2.24, 2.45) is 4.40 Å². The maximum Gasteiger partial charge on any atom is 0.0127 e. The van der Waals surface area contributed by atoms with E-state index in [9.17, 15) is 0 Å². The van der Waals surface area contributed by atoms with Crippen LogP contribution in [0.3, 0.4) is 0 Å². The predicted octanol–water partition coefficient (Wildman–Crippen LogP) is 3.68. The summed E-state index contributed by atoms with van der Waals surface area (Å²) < 4.78 is 3.98. The Morgan fingerprint density at radius 1 is 1.60 bits per heavy atom. The monoisotopic (exact) mass is 159 g/mol. The minimum Gasteiger partial charge on any atom is -0.224 e. The lowest BCUT2D eigenvalue weighted by Gasteiger charge is -1.85. The molecule has 0 unspecified atom stereocenters. The van der Waals surface area contributed by atoms with Crippen molar-refractivity contribution in [3.63, 3.8) is 0 Å². The summed E-state index contributed by atoms with van der Waals surface area (Å²) in [4.78, 5) is 1.04. The minimum absolute atomic E-state index is 1.00. The molecule has 0 radical (unpaired) electrons. The molecule has 2 heteroatoms. The van der Waals surface area contributed by atoms with E-state index in [4.69, 9.17) is 0 Å². The highest BCUT2D eigenvalue weighted by Gasteiger charge is 1.77. The number of hydrogen-bond donors (Lipinski definition) is 0. The average molecular weight is 159 g/mol. The lowest BCUT2D eigenvalue weighted by atomic mass is 10.6. The summed E-state index contributed by atoms with van der Waals surface area (Å²) in [7, 11) is 0. The largest absolute Gasteiger partial charge is 0.224 e. The van der Waals surface area contributed by atoms with Gasteiger partial charge in [-0.1, -0.05) is 27.4 Å². The summed E-state index contributed by atoms with van der Waals surface area (Å²) >= 11 is 1.43. The van der Waals surface area contributed by atoms with Gasteiger partial charge in [0.2, 0.25) is 0 Å². The number of allylic oxidation sites excluding steroid dienone is 1. The molecule has 0 bridgehead atoms. The van der Waals surface area contributed by atoms with Gasteiger partial charge in [-0.3, -0.25) is 0 Å². The van der Waals surface area contributed by atoms with Gasteiger partial charge in [-0.25, -0.2) is 4.40 Å².